The molecule has 0 bridgehead atoms. The standard InChI is InChI=1S/C36H27BrN4O4S/c1-21-29(33(42)39-25-13-7-4-8-14-25)31(23-12-9-15-26(18-23)45-2)41-35(44)32(46-36(41)38-21)30-27-19-24(37)16-17-28(27)40(34(30)43)20-22-10-5-3-6-11-22/h3-19,31H,20H2,1-2H3,(H,39,42)/b32-30-/t31-/m0/s1. The summed E-state index contributed by atoms with van der Waals surface area (Å²) in [6.07, 6.45) is 0. The Kier molecular flexibility index (Phi) is 7.75. The van der Waals surface area contributed by atoms with E-state index in [0.29, 0.717) is 50.8 Å². The SMILES string of the molecule is COc1cccc([C@H]2C(C(=O)Nc3ccccc3)=C(C)N=c3s/c(=C4\C(=O)N(Cc5ccccc5)c5ccc(Br)cc54)c(=O)n32)c1. The molecule has 10 heteroatoms. The van der Waals surface area contributed by atoms with Gasteiger partial charge in [-0.05, 0) is 60.5 Å². The van der Waals surface area contributed by atoms with Gasteiger partial charge >= 0.3 is 0 Å². The predicted molar refractivity (Wildman–Crippen MR) is 183 cm³/mol. The Balaban J connectivity index is 1.43. The Hall–Kier alpha value is -5.06. The maximum absolute atomic E-state index is 14.6. The van der Waals surface area contributed by atoms with Crippen molar-refractivity contribution >= 4 is 56.0 Å². The number of hydrogen-bond acceptors (Lipinski definition) is 6. The highest BCUT2D eigenvalue weighted by molar-refractivity contribution is 9.10. The fourth-order valence-corrected chi connectivity index (χ4v) is 7.45. The number of fused-ring (bicyclic) bond motifs is 2. The number of methoxy groups -OCH3 is 1. The van der Waals surface area contributed by atoms with Gasteiger partial charge in [0.15, 0.2) is 4.80 Å². The molecule has 46 heavy (non-hydrogen) atoms. The summed E-state index contributed by atoms with van der Waals surface area (Å²) in [5.74, 6) is -0.0578. The van der Waals surface area contributed by atoms with Gasteiger partial charge in [0, 0.05) is 15.7 Å². The number of carbonyl (C=O) groups excluding carboxylic acids is 2. The van der Waals surface area contributed by atoms with Gasteiger partial charge in [-0.25, -0.2) is 4.99 Å². The average Bonchev–Trinajstić information content (AvgIpc) is 3.52. The van der Waals surface area contributed by atoms with Crippen molar-refractivity contribution in [2.45, 2.75) is 19.5 Å². The molecule has 228 valence electrons. The smallest absolute Gasteiger partial charge is 0.271 e. The van der Waals surface area contributed by atoms with E-state index in [1.807, 2.05) is 91.0 Å². The molecule has 8 nitrogen and oxygen atoms in total. The number of rotatable bonds is 6. The Morgan fingerprint density at radius 2 is 1.70 bits per heavy atom. The lowest BCUT2D eigenvalue weighted by Gasteiger charge is -2.25. The molecule has 0 saturated carbocycles. The first kappa shape index (κ1) is 29.6. The quantitative estimate of drug-likeness (QED) is 0.253. The van der Waals surface area contributed by atoms with Gasteiger partial charge in [-0.3, -0.25) is 19.0 Å². The van der Waals surface area contributed by atoms with Crippen molar-refractivity contribution < 1.29 is 14.3 Å². The van der Waals surface area contributed by atoms with Gasteiger partial charge in [-0.1, -0.05) is 87.9 Å². The van der Waals surface area contributed by atoms with E-state index in [1.165, 1.54) is 4.57 Å². The zero-order valence-electron chi connectivity index (χ0n) is 24.9. The molecule has 0 aliphatic carbocycles. The summed E-state index contributed by atoms with van der Waals surface area (Å²) in [7, 11) is 1.57. The van der Waals surface area contributed by atoms with Crippen LogP contribution >= 0.6 is 27.3 Å². The molecule has 2 amide bonds. The van der Waals surface area contributed by atoms with E-state index in [1.54, 1.807) is 31.1 Å². The molecule has 4 aromatic carbocycles. The Morgan fingerprint density at radius 3 is 2.43 bits per heavy atom. The number of anilines is 2. The van der Waals surface area contributed by atoms with Gasteiger partial charge in [-0.15, -0.1) is 0 Å². The first-order valence-corrected chi connectivity index (χ1v) is 16.2. The normalized spacial score (nSPS) is 16.5. The minimum absolute atomic E-state index is 0.266. The summed E-state index contributed by atoms with van der Waals surface area (Å²) < 4.78 is 8.09. The summed E-state index contributed by atoms with van der Waals surface area (Å²) in [6.45, 7) is 2.12. The summed E-state index contributed by atoms with van der Waals surface area (Å²) >= 11 is 4.71. The minimum Gasteiger partial charge on any atom is -0.497 e. The van der Waals surface area contributed by atoms with Crippen LogP contribution in [0, 0.1) is 0 Å². The summed E-state index contributed by atoms with van der Waals surface area (Å²) in [4.78, 5) is 49.6. The predicted octanol–water partition coefficient (Wildman–Crippen LogP) is 5.56. The number of hydrogen-bond donors (Lipinski definition) is 1. The van der Waals surface area contributed by atoms with Gasteiger partial charge in [0.2, 0.25) is 0 Å². The first-order valence-electron chi connectivity index (χ1n) is 14.5. The van der Waals surface area contributed by atoms with Crippen LogP contribution in [0.25, 0.3) is 5.57 Å². The number of para-hydroxylation sites is 1. The molecule has 0 unspecified atom stereocenters. The van der Waals surface area contributed by atoms with Gasteiger partial charge in [0.25, 0.3) is 17.4 Å². The molecule has 0 radical (unpaired) electrons. The number of nitrogens with zero attached hydrogens (tertiary/aromatic N) is 3. The van der Waals surface area contributed by atoms with Crippen molar-refractivity contribution in [2.24, 2.45) is 4.99 Å². The van der Waals surface area contributed by atoms with Crippen molar-refractivity contribution in [2.75, 3.05) is 17.3 Å². The largest absolute Gasteiger partial charge is 0.497 e. The molecule has 2 aliphatic rings. The Morgan fingerprint density at radius 1 is 0.957 bits per heavy atom. The van der Waals surface area contributed by atoms with Gasteiger partial charge in [0.05, 0.1) is 42.2 Å². The molecule has 3 heterocycles. The van der Waals surface area contributed by atoms with E-state index in [0.717, 1.165) is 27.1 Å². The molecular formula is C36H27BrN4O4S. The van der Waals surface area contributed by atoms with Crippen molar-refractivity contribution in [1.29, 1.82) is 0 Å². The van der Waals surface area contributed by atoms with E-state index in [2.05, 4.69) is 21.2 Å². The van der Waals surface area contributed by atoms with Crippen molar-refractivity contribution in [3.8, 4) is 5.75 Å². The van der Waals surface area contributed by atoms with E-state index in [-0.39, 0.29) is 16.3 Å². The molecule has 2 aliphatic heterocycles. The van der Waals surface area contributed by atoms with Crippen LogP contribution in [0.5, 0.6) is 5.75 Å². The minimum atomic E-state index is -0.816. The zero-order chi connectivity index (χ0) is 31.9. The lowest BCUT2D eigenvalue weighted by Crippen LogP contribution is -2.41. The maximum Gasteiger partial charge on any atom is 0.271 e. The Bertz CT molecular complexity index is 2240. The lowest BCUT2D eigenvalue weighted by molar-refractivity contribution is -0.114. The molecule has 1 atom stereocenters. The van der Waals surface area contributed by atoms with Crippen LogP contribution in [0.3, 0.4) is 0 Å². The average molecular weight is 692 g/mol. The molecule has 1 aromatic heterocycles. The van der Waals surface area contributed by atoms with Crippen LogP contribution in [-0.4, -0.2) is 23.5 Å². The highest BCUT2D eigenvalue weighted by Gasteiger charge is 2.37. The van der Waals surface area contributed by atoms with E-state index >= 15 is 0 Å². The number of ether oxygens (including phenoxy) is 1. The first-order chi connectivity index (χ1) is 22.3. The number of amides is 2. The molecule has 0 saturated heterocycles. The Labute approximate surface area is 276 Å². The molecule has 7 rings (SSSR count). The zero-order valence-corrected chi connectivity index (χ0v) is 27.3. The highest BCUT2D eigenvalue weighted by Crippen LogP contribution is 2.38. The molecular weight excluding hydrogens is 664 g/mol. The number of benzene rings is 4. The monoisotopic (exact) mass is 690 g/mol. The fourth-order valence-electron chi connectivity index (χ4n) is 5.95. The second kappa shape index (κ2) is 12.0. The third kappa shape index (κ3) is 5.19. The van der Waals surface area contributed by atoms with E-state index in [4.69, 9.17) is 9.73 Å². The van der Waals surface area contributed by atoms with Gasteiger partial charge < -0.3 is 15.0 Å². The van der Waals surface area contributed by atoms with Crippen molar-refractivity contribution in [3.63, 3.8) is 0 Å². The molecule has 5 aromatic rings. The third-order valence-corrected chi connectivity index (χ3v) is 9.62. The van der Waals surface area contributed by atoms with Crippen LogP contribution in [0.4, 0.5) is 11.4 Å². The summed E-state index contributed by atoms with van der Waals surface area (Å²) in [5.41, 5.74) is 4.37. The second-order valence-corrected chi connectivity index (χ2v) is 12.8. The van der Waals surface area contributed by atoms with Gasteiger partial charge in [0.1, 0.15) is 10.3 Å². The third-order valence-electron chi connectivity index (χ3n) is 8.07. The molecule has 0 fully saturated rings. The van der Waals surface area contributed by atoms with Crippen molar-refractivity contribution in [3.05, 3.63) is 155 Å². The van der Waals surface area contributed by atoms with Crippen molar-refractivity contribution in [1.82, 2.24) is 4.57 Å². The van der Waals surface area contributed by atoms with Crippen LogP contribution < -0.4 is 29.8 Å². The number of aromatic nitrogens is 1. The van der Waals surface area contributed by atoms with Crippen LogP contribution in [-0.2, 0) is 16.1 Å². The van der Waals surface area contributed by atoms with Gasteiger partial charge in [-0.2, -0.15) is 0 Å². The number of halogens is 1. The molecule has 0 spiro atoms. The summed E-state index contributed by atoms with van der Waals surface area (Å²) in [5, 5.41) is 2.97. The number of allylic oxidation sites excluding steroid dienone is 1. The number of nitrogens with one attached hydrogen (secondary N) is 1. The lowest BCUT2D eigenvalue weighted by atomic mass is 9.95. The maximum atomic E-state index is 14.6. The van der Waals surface area contributed by atoms with E-state index < -0.39 is 11.6 Å². The van der Waals surface area contributed by atoms with Crippen LogP contribution in [0.2, 0.25) is 0 Å². The molecule has 1 N–H and O–H groups in total. The summed E-state index contributed by atoms with van der Waals surface area (Å²) in [6, 6.07) is 31.0. The van der Waals surface area contributed by atoms with Crippen LogP contribution in [0.15, 0.2) is 129 Å². The number of thiazole rings is 1. The highest BCUT2D eigenvalue weighted by atomic mass is 79.9. The van der Waals surface area contributed by atoms with Crippen LogP contribution in [0.1, 0.15) is 29.7 Å². The number of carbonyl (C=O) groups is 2. The second-order valence-electron chi connectivity index (χ2n) is 10.9. The topological polar surface area (TPSA) is 93.0 Å². The fraction of sp³-hybridized carbons (Fsp3) is 0.111. The van der Waals surface area contributed by atoms with E-state index in [9.17, 15) is 14.4 Å².